The van der Waals surface area contributed by atoms with Crippen LogP contribution in [0.15, 0.2) is 30.5 Å². The molecule has 158 valence electrons. The third-order valence-electron chi connectivity index (χ3n) is 5.22. The molecule has 0 bridgehead atoms. The molecule has 0 fully saturated rings. The number of benzene rings is 1. The van der Waals surface area contributed by atoms with E-state index in [0.717, 1.165) is 33.8 Å². The Morgan fingerprint density at radius 1 is 1.13 bits per heavy atom. The predicted octanol–water partition coefficient (Wildman–Crippen LogP) is 3.88. The molecular formula is C23H28N4O3. The molecule has 3 aromatic rings. The van der Waals surface area contributed by atoms with Crippen LogP contribution in [0.25, 0.3) is 11.0 Å². The number of pyridine rings is 1. The van der Waals surface area contributed by atoms with Gasteiger partial charge in [0.2, 0.25) is 0 Å². The van der Waals surface area contributed by atoms with Crippen molar-refractivity contribution in [3.63, 3.8) is 0 Å². The first kappa shape index (κ1) is 20.2. The number of carbonyl (C=O) groups is 1. The molecule has 0 atom stereocenters. The Morgan fingerprint density at radius 2 is 1.90 bits per heavy atom. The molecule has 30 heavy (non-hydrogen) atoms. The summed E-state index contributed by atoms with van der Waals surface area (Å²) in [5, 5.41) is 8.29. The van der Waals surface area contributed by atoms with E-state index in [4.69, 9.17) is 14.5 Å². The van der Waals surface area contributed by atoms with Crippen LogP contribution in [-0.2, 0) is 6.42 Å². The maximum Gasteiger partial charge on any atom is 0.252 e. The topological polar surface area (TPSA) is 78.3 Å². The maximum atomic E-state index is 13.0. The van der Waals surface area contributed by atoms with Crippen molar-refractivity contribution in [1.82, 2.24) is 20.1 Å². The van der Waals surface area contributed by atoms with Crippen LogP contribution < -0.4 is 14.8 Å². The van der Waals surface area contributed by atoms with Gasteiger partial charge in [-0.3, -0.25) is 4.79 Å². The van der Waals surface area contributed by atoms with Gasteiger partial charge in [-0.2, -0.15) is 5.10 Å². The zero-order valence-electron chi connectivity index (χ0n) is 17.9. The first-order valence-corrected chi connectivity index (χ1v) is 10.5. The number of nitrogens with zero attached hydrogens (tertiary/aromatic N) is 3. The zero-order chi connectivity index (χ0) is 21.3. The quantitative estimate of drug-likeness (QED) is 0.670. The minimum Gasteiger partial charge on any atom is -0.486 e. The molecule has 0 saturated heterocycles. The molecule has 1 amide bonds. The number of rotatable bonds is 6. The molecule has 0 unspecified atom stereocenters. The Hall–Kier alpha value is -3.09. The summed E-state index contributed by atoms with van der Waals surface area (Å²) >= 11 is 0. The fourth-order valence-corrected chi connectivity index (χ4v) is 3.56. The van der Waals surface area contributed by atoms with Gasteiger partial charge in [0.25, 0.3) is 5.91 Å². The van der Waals surface area contributed by atoms with Gasteiger partial charge in [-0.15, -0.1) is 0 Å². The van der Waals surface area contributed by atoms with Crippen LogP contribution in [-0.4, -0.2) is 40.4 Å². The zero-order valence-corrected chi connectivity index (χ0v) is 17.9. The van der Waals surface area contributed by atoms with Gasteiger partial charge in [-0.05, 0) is 49.9 Å². The summed E-state index contributed by atoms with van der Waals surface area (Å²) in [6.45, 7) is 9.94. The smallest absolute Gasteiger partial charge is 0.252 e. The molecule has 0 aliphatic carbocycles. The van der Waals surface area contributed by atoms with Gasteiger partial charge < -0.3 is 14.8 Å². The van der Waals surface area contributed by atoms with Crippen LogP contribution in [0.4, 0.5) is 0 Å². The standard InChI is InChI=1S/C23H28N4O3/c1-14(2)19-12-17(18-13-25-27(15(3)4)22(18)26-19)23(28)24-8-7-16-5-6-20-21(11-16)30-10-9-29-20/h5-6,11-15H,7-10H2,1-4H3,(H,24,28). The monoisotopic (exact) mass is 408 g/mol. The lowest BCUT2D eigenvalue weighted by atomic mass is 10.0. The molecule has 0 saturated carbocycles. The number of carbonyl (C=O) groups excluding carboxylic acids is 1. The van der Waals surface area contributed by atoms with Crippen LogP contribution in [0, 0.1) is 0 Å². The molecule has 0 spiro atoms. The molecule has 7 nitrogen and oxygen atoms in total. The lowest BCUT2D eigenvalue weighted by molar-refractivity contribution is 0.0955. The van der Waals surface area contributed by atoms with Gasteiger partial charge in [-0.1, -0.05) is 19.9 Å². The van der Waals surface area contributed by atoms with Crippen molar-refractivity contribution in [3.8, 4) is 11.5 Å². The number of fused-ring (bicyclic) bond motifs is 2. The van der Waals surface area contributed by atoms with Crippen LogP contribution >= 0.6 is 0 Å². The number of nitrogens with one attached hydrogen (secondary N) is 1. The van der Waals surface area contributed by atoms with Crippen molar-refractivity contribution in [1.29, 1.82) is 0 Å². The summed E-state index contributed by atoms with van der Waals surface area (Å²) in [4.78, 5) is 17.8. The van der Waals surface area contributed by atoms with E-state index in [1.165, 1.54) is 0 Å². The Bertz CT molecular complexity index is 1070. The number of hydrogen-bond acceptors (Lipinski definition) is 5. The second kappa shape index (κ2) is 8.34. The molecule has 0 radical (unpaired) electrons. The fourth-order valence-electron chi connectivity index (χ4n) is 3.56. The van der Waals surface area contributed by atoms with E-state index in [-0.39, 0.29) is 17.9 Å². The highest BCUT2D eigenvalue weighted by Gasteiger charge is 2.19. The minimum absolute atomic E-state index is 0.106. The SMILES string of the molecule is CC(C)c1cc(C(=O)NCCc2ccc3c(c2)OCCO3)c2cnn(C(C)C)c2n1. The highest BCUT2D eigenvalue weighted by Crippen LogP contribution is 2.31. The predicted molar refractivity (Wildman–Crippen MR) is 115 cm³/mol. The summed E-state index contributed by atoms with van der Waals surface area (Å²) < 4.78 is 13.1. The average molecular weight is 409 g/mol. The third kappa shape index (κ3) is 3.97. The van der Waals surface area contributed by atoms with E-state index in [0.29, 0.717) is 31.7 Å². The highest BCUT2D eigenvalue weighted by molar-refractivity contribution is 6.05. The van der Waals surface area contributed by atoms with Gasteiger partial charge >= 0.3 is 0 Å². The van der Waals surface area contributed by atoms with Crippen molar-refractivity contribution in [2.75, 3.05) is 19.8 Å². The third-order valence-corrected chi connectivity index (χ3v) is 5.22. The van der Waals surface area contributed by atoms with Crippen molar-refractivity contribution in [3.05, 3.63) is 47.3 Å². The molecule has 4 rings (SSSR count). The van der Waals surface area contributed by atoms with E-state index in [1.807, 2.05) is 28.9 Å². The van der Waals surface area contributed by atoms with Crippen molar-refractivity contribution < 1.29 is 14.3 Å². The largest absolute Gasteiger partial charge is 0.486 e. The van der Waals surface area contributed by atoms with Gasteiger partial charge in [0.15, 0.2) is 17.1 Å². The van der Waals surface area contributed by atoms with Crippen molar-refractivity contribution in [2.24, 2.45) is 0 Å². The summed E-state index contributed by atoms with van der Waals surface area (Å²) in [5.74, 6) is 1.65. The second-order valence-corrected chi connectivity index (χ2v) is 8.15. The number of amides is 1. The first-order valence-electron chi connectivity index (χ1n) is 10.5. The molecule has 3 heterocycles. The Morgan fingerprint density at radius 3 is 2.63 bits per heavy atom. The first-order chi connectivity index (χ1) is 14.4. The normalized spacial score (nSPS) is 13.3. The lowest BCUT2D eigenvalue weighted by Crippen LogP contribution is -2.26. The number of hydrogen-bond donors (Lipinski definition) is 1. The fraction of sp³-hybridized carbons (Fsp3) is 0.435. The summed E-state index contributed by atoms with van der Waals surface area (Å²) in [6, 6.07) is 7.97. The van der Waals surface area contributed by atoms with Crippen LogP contribution in [0.2, 0.25) is 0 Å². The van der Waals surface area contributed by atoms with Crippen LogP contribution in [0.3, 0.4) is 0 Å². The van der Waals surface area contributed by atoms with Crippen LogP contribution in [0.5, 0.6) is 11.5 Å². The second-order valence-electron chi connectivity index (χ2n) is 8.15. The lowest BCUT2D eigenvalue weighted by Gasteiger charge is -2.19. The van der Waals surface area contributed by atoms with Gasteiger partial charge in [-0.25, -0.2) is 9.67 Å². The van der Waals surface area contributed by atoms with E-state index < -0.39 is 0 Å². The molecule has 1 N–H and O–H groups in total. The van der Waals surface area contributed by atoms with Crippen LogP contribution in [0.1, 0.15) is 61.3 Å². The van der Waals surface area contributed by atoms with E-state index in [2.05, 4.69) is 38.1 Å². The summed E-state index contributed by atoms with van der Waals surface area (Å²) in [5.41, 5.74) is 3.36. The molecular weight excluding hydrogens is 380 g/mol. The van der Waals surface area contributed by atoms with Gasteiger partial charge in [0.1, 0.15) is 13.2 Å². The summed E-state index contributed by atoms with van der Waals surface area (Å²) in [6.07, 6.45) is 2.45. The number of aromatic nitrogens is 3. The average Bonchev–Trinajstić information content (AvgIpc) is 3.17. The van der Waals surface area contributed by atoms with E-state index in [9.17, 15) is 4.79 Å². The van der Waals surface area contributed by atoms with Gasteiger partial charge in [0.05, 0.1) is 17.1 Å². The highest BCUT2D eigenvalue weighted by atomic mass is 16.6. The molecule has 1 aliphatic heterocycles. The minimum atomic E-state index is -0.106. The Labute approximate surface area is 176 Å². The van der Waals surface area contributed by atoms with Crippen molar-refractivity contribution in [2.45, 2.75) is 46.1 Å². The summed E-state index contributed by atoms with van der Waals surface area (Å²) in [7, 11) is 0. The molecule has 1 aromatic carbocycles. The maximum absolute atomic E-state index is 13.0. The molecule has 1 aliphatic rings. The molecule has 2 aromatic heterocycles. The Balaban J connectivity index is 1.51. The molecule has 7 heteroatoms. The van der Waals surface area contributed by atoms with Gasteiger partial charge in [0, 0.05) is 18.3 Å². The Kier molecular flexibility index (Phi) is 5.61. The van der Waals surface area contributed by atoms with Crippen molar-refractivity contribution >= 4 is 16.9 Å². The number of ether oxygens (including phenoxy) is 2. The van der Waals surface area contributed by atoms with E-state index >= 15 is 0 Å². The van der Waals surface area contributed by atoms with E-state index in [1.54, 1.807) is 6.20 Å².